The summed E-state index contributed by atoms with van der Waals surface area (Å²) in [5.41, 5.74) is 18.7. The van der Waals surface area contributed by atoms with E-state index >= 15 is 0 Å². The first-order valence-electron chi connectivity index (χ1n) is 19.2. The van der Waals surface area contributed by atoms with Gasteiger partial charge in [0, 0.05) is 22.7 Å². The van der Waals surface area contributed by atoms with Gasteiger partial charge in [-0.15, -0.1) is 13.3 Å². The third kappa shape index (κ3) is 9.07. The van der Waals surface area contributed by atoms with Crippen LogP contribution in [-0.2, 0) is 17.1 Å². The summed E-state index contributed by atoms with van der Waals surface area (Å²) in [5, 5.41) is 0. The van der Waals surface area contributed by atoms with Crippen molar-refractivity contribution in [2.75, 3.05) is 19.6 Å². The Kier molecular flexibility index (Phi) is 13.8. The Morgan fingerprint density at radius 1 is 0.377 bits per heavy atom. The van der Waals surface area contributed by atoms with Gasteiger partial charge in [0.2, 0.25) is 0 Å². The summed E-state index contributed by atoms with van der Waals surface area (Å²) < 4.78 is 0. The van der Waals surface area contributed by atoms with Crippen LogP contribution in [0, 0.1) is 54.9 Å². The minimum Gasteiger partial charge on any atom is -0.479 e. The molecule has 4 aromatic carbocycles. The number of nitrogens with zero attached hydrogens (tertiary/aromatic N) is 4. The van der Waals surface area contributed by atoms with Gasteiger partial charge in [-0.1, -0.05) is 127 Å². The minimum atomic E-state index is 0. The third-order valence-electron chi connectivity index (χ3n) is 10.3. The zero-order chi connectivity index (χ0) is 38.0. The summed E-state index contributed by atoms with van der Waals surface area (Å²) in [4.78, 5) is 9.10. The molecule has 0 radical (unpaired) electrons. The van der Waals surface area contributed by atoms with E-state index in [1.165, 1.54) is 78.4 Å². The number of benzene rings is 4. The predicted molar refractivity (Wildman–Crippen MR) is 227 cm³/mol. The molecule has 0 saturated carbocycles. The Morgan fingerprint density at radius 3 is 0.830 bits per heavy atom. The maximum Gasteiger partial charge on any atom is 1.00 e. The molecule has 53 heavy (non-hydrogen) atoms. The topological polar surface area (TPSA) is 13.0 Å². The molecule has 0 aromatic heterocycles. The fourth-order valence-corrected chi connectivity index (χ4v) is 8.02. The van der Waals surface area contributed by atoms with Crippen molar-refractivity contribution < 1.29 is 17.1 Å². The SMILES string of the molecule is CC(C)c1cccc(C(C)C)c1N1C=CN(c2c(C(C)C)cccc2C(C)C)[CH-]1.Cc1cc(C)c(N2C=CN(c3c(C)cc(C)cc3C)[CH-]2)c(C)c1.[Cu+]. The zero-order valence-electron chi connectivity index (χ0n) is 34.6. The van der Waals surface area contributed by atoms with Crippen LogP contribution in [0.15, 0.2) is 85.5 Å². The van der Waals surface area contributed by atoms with Crippen LogP contribution in [0.2, 0.25) is 0 Å². The van der Waals surface area contributed by atoms with E-state index in [9.17, 15) is 0 Å². The van der Waals surface area contributed by atoms with Crippen LogP contribution in [0.25, 0.3) is 0 Å². The van der Waals surface area contributed by atoms with Crippen LogP contribution in [0.4, 0.5) is 22.7 Å². The van der Waals surface area contributed by atoms with Gasteiger partial charge in [-0.25, -0.2) is 0 Å². The summed E-state index contributed by atoms with van der Waals surface area (Å²) in [6, 6.07) is 22.5. The van der Waals surface area contributed by atoms with E-state index in [4.69, 9.17) is 0 Å². The Balaban J connectivity index is 0.000000238. The number of rotatable bonds is 8. The Morgan fingerprint density at radius 2 is 0.604 bits per heavy atom. The first-order valence-corrected chi connectivity index (χ1v) is 19.2. The summed E-state index contributed by atoms with van der Waals surface area (Å²) in [7, 11) is 0. The second kappa shape index (κ2) is 17.5. The molecule has 0 N–H and O–H groups in total. The van der Waals surface area contributed by atoms with Crippen LogP contribution in [-0.4, -0.2) is 0 Å². The van der Waals surface area contributed by atoms with Gasteiger partial charge in [-0.05, 0) is 135 Å². The molecule has 286 valence electrons. The van der Waals surface area contributed by atoms with Gasteiger partial charge < -0.3 is 19.6 Å². The first-order chi connectivity index (χ1) is 24.6. The molecule has 0 unspecified atom stereocenters. The summed E-state index contributed by atoms with van der Waals surface area (Å²) >= 11 is 0. The van der Waals surface area contributed by atoms with E-state index in [2.05, 4.69) is 215 Å². The Bertz CT molecular complexity index is 1710. The van der Waals surface area contributed by atoms with Crippen LogP contribution in [0.5, 0.6) is 0 Å². The van der Waals surface area contributed by atoms with Crippen LogP contribution in [0.3, 0.4) is 0 Å². The monoisotopic (exact) mass is 757 g/mol. The van der Waals surface area contributed by atoms with Crippen molar-refractivity contribution >= 4 is 22.7 Å². The van der Waals surface area contributed by atoms with Crippen molar-refractivity contribution in [1.29, 1.82) is 0 Å². The fourth-order valence-electron chi connectivity index (χ4n) is 8.02. The van der Waals surface area contributed by atoms with Crippen molar-refractivity contribution in [2.24, 2.45) is 0 Å². The molecule has 0 aliphatic carbocycles. The molecule has 4 nitrogen and oxygen atoms in total. The summed E-state index contributed by atoms with van der Waals surface area (Å²) in [5.74, 6) is 1.92. The van der Waals surface area contributed by atoms with Crippen molar-refractivity contribution in [1.82, 2.24) is 0 Å². The van der Waals surface area contributed by atoms with E-state index in [-0.39, 0.29) is 17.1 Å². The molecule has 2 heterocycles. The quantitative estimate of drug-likeness (QED) is 0.131. The first kappa shape index (κ1) is 41.8. The fraction of sp³-hybridized carbons (Fsp3) is 0.375. The molecule has 0 amide bonds. The Hall–Kier alpha value is -3.92. The zero-order valence-corrected chi connectivity index (χ0v) is 35.6. The molecule has 0 fully saturated rings. The predicted octanol–water partition coefficient (Wildman–Crippen LogP) is 13.5. The summed E-state index contributed by atoms with van der Waals surface area (Å²) in [6.45, 7) is 35.7. The number of hydrogen-bond acceptors (Lipinski definition) is 4. The molecule has 0 spiro atoms. The van der Waals surface area contributed by atoms with Crippen molar-refractivity contribution in [3.63, 3.8) is 0 Å². The average molecular weight is 759 g/mol. The number of hydrogen-bond donors (Lipinski definition) is 0. The third-order valence-corrected chi connectivity index (χ3v) is 10.3. The van der Waals surface area contributed by atoms with Gasteiger partial charge >= 0.3 is 17.1 Å². The van der Waals surface area contributed by atoms with Crippen LogP contribution < -0.4 is 19.6 Å². The van der Waals surface area contributed by atoms with E-state index in [1.807, 2.05) is 0 Å². The minimum absolute atomic E-state index is 0. The molecule has 2 aliphatic heterocycles. The molecule has 6 rings (SSSR count). The van der Waals surface area contributed by atoms with Gasteiger partial charge in [-0.3, -0.25) is 0 Å². The van der Waals surface area contributed by atoms with Gasteiger partial charge in [0.05, 0.1) is 0 Å². The van der Waals surface area contributed by atoms with Gasteiger partial charge in [0.15, 0.2) is 0 Å². The molecule has 4 aromatic rings. The Labute approximate surface area is 333 Å². The number of anilines is 4. The van der Waals surface area contributed by atoms with Crippen LogP contribution in [0.1, 0.15) is 135 Å². The van der Waals surface area contributed by atoms with Gasteiger partial charge in [0.25, 0.3) is 0 Å². The molecule has 0 atom stereocenters. The molecular weight excluding hydrogens is 696 g/mol. The molecular formula is C48H62CuN4-. The maximum absolute atomic E-state index is 2.33. The molecule has 2 aliphatic rings. The van der Waals surface area contributed by atoms with Crippen molar-refractivity contribution in [3.05, 3.63) is 154 Å². The molecule has 0 saturated heterocycles. The van der Waals surface area contributed by atoms with Gasteiger partial charge in [-0.2, -0.15) is 0 Å². The smallest absolute Gasteiger partial charge is 0.479 e. The second-order valence-electron chi connectivity index (χ2n) is 16.1. The summed E-state index contributed by atoms with van der Waals surface area (Å²) in [6.07, 6.45) is 8.72. The van der Waals surface area contributed by atoms with Crippen LogP contribution >= 0.6 is 0 Å². The number of para-hydroxylation sites is 2. The normalized spacial score (nSPS) is 13.9. The molecule has 0 bridgehead atoms. The van der Waals surface area contributed by atoms with E-state index in [1.54, 1.807) is 0 Å². The molecule has 5 heteroatoms. The largest absolute Gasteiger partial charge is 1.00 e. The van der Waals surface area contributed by atoms with E-state index in [0.29, 0.717) is 23.7 Å². The van der Waals surface area contributed by atoms with Crippen molar-refractivity contribution in [2.45, 2.75) is 121 Å². The van der Waals surface area contributed by atoms with E-state index < -0.39 is 0 Å². The second-order valence-corrected chi connectivity index (χ2v) is 16.1. The van der Waals surface area contributed by atoms with Gasteiger partial charge in [0.1, 0.15) is 0 Å². The average Bonchev–Trinajstić information content (AvgIpc) is 3.74. The van der Waals surface area contributed by atoms with Crippen molar-refractivity contribution in [3.8, 4) is 0 Å². The maximum atomic E-state index is 2.33. The number of aryl methyl sites for hydroxylation is 6. The standard InChI is InChI=1S/C27H37N2.C21H25N2.Cu/c1-18(2)22-11-9-12-23(19(3)4)26(22)28-15-16-29(17-28)27-24(20(5)6)13-10-14-25(27)21(7)8;1-14-9-16(3)20(17(4)10-14)22-7-8-23(13-22)21-18(5)11-15(2)12-19(21)6;/h9-21H,1-8H3;7-13H,1-6H3;/q2*-1;+1. The van der Waals surface area contributed by atoms with E-state index in [0.717, 1.165) is 0 Å².